The van der Waals surface area contributed by atoms with Crippen LogP contribution in [-0.2, 0) is 11.2 Å². The Morgan fingerprint density at radius 3 is 2.69 bits per heavy atom. The van der Waals surface area contributed by atoms with Crippen LogP contribution in [0.4, 0.5) is 5.69 Å². The molecular formula is C12H12N2OS. The number of rotatable bonds is 4. The van der Waals surface area contributed by atoms with Crippen LogP contribution >= 0.6 is 11.3 Å². The molecule has 2 rings (SSSR count). The molecule has 0 bridgehead atoms. The summed E-state index contributed by atoms with van der Waals surface area (Å²) in [7, 11) is 0. The van der Waals surface area contributed by atoms with Gasteiger partial charge in [0.05, 0.1) is 12.1 Å². The number of carbonyl (C=O) groups is 1. The number of nitrogens with one attached hydrogen (secondary N) is 2. The Hall–Kier alpha value is -1.81. The van der Waals surface area contributed by atoms with Crippen molar-refractivity contribution in [2.24, 2.45) is 0 Å². The lowest BCUT2D eigenvalue weighted by Gasteiger charge is -2.07. The largest absolute Gasteiger partial charge is 0.299 e. The molecule has 0 aliphatic carbocycles. The highest BCUT2D eigenvalue weighted by Crippen LogP contribution is 2.07. The van der Waals surface area contributed by atoms with Crippen LogP contribution in [0.15, 0.2) is 47.2 Å². The zero-order valence-electron chi connectivity index (χ0n) is 8.64. The van der Waals surface area contributed by atoms with Gasteiger partial charge < -0.3 is 0 Å². The van der Waals surface area contributed by atoms with E-state index in [0.29, 0.717) is 6.42 Å². The molecule has 82 valence electrons. The number of carbonyl (C=O) groups excluding carboxylic acids is 1. The van der Waals surface area contributed by atoms with Crippen LogP contribution in [0.2, 0.25) is 0 Å². The standard InChI is InChI=1S/C12H12N2OS/c15-12(8-10-6-7-16-9-10)14-13-11-4-2-1-3-5-11/h1-7,9,13H,8H2,(H,14,15). The smallest absolute Gasteiger partial charge is 0.242 e. The van der Waals surface area contributed by atoms with Crippen LogP contribution in [0, 0.1) is 0 Å². The second-order valence-corrected chi connectivity index (χ2v) is 4.13. The molecule has 1 aromatic carbocycles. The van der Waals surface area contributed by atoms with Gasteiger partial charge in [0.1, 0.15) is 0 Å². The highest BCUT2D eigenvalue weighted by Gasteiger charge is 2.02. The van der Waals surface area contributed by atoms with Crippen molar-refractivity contribution < 1.29 is 4.79 Å². The van der Waals surface area contributed by atoms with Gasteiger partial charge in [0, 0.05) is 0 Å². The first-order chi connectivity index (χ1) is 7.84. The van der Waals surface area contributed by atoms with Crippen molar-refractivity contribution in [1.29, 1.82) is 0 Å². The third-order valence-corrected chi connectivity index (χ3v) is 2.80. The first-order valence-electron chi connectivity index (χ1n) is 4.95. The van der Waals surface area contributed by atoms with Crippen molar-refractivity contribution in [2.75, 3.05) is 5.43 Å². The van der Waals surface area contributed by atoms with E-state index in [1.165, 1.54) is 0 Å². The molecule has 0 aliphatic rings. The lowest BCUT2D eigenvalue weighted by atomic mass is 10.2. The summed E-state index contributed by atoms with van der Waals surface area (Å²) < 4.78 is 0. The molecule has 0 saturated carbocycles. The summed E-state index contributed by atoms with van der Waals surface area (Å²) >= 11 is 1.60. The number of hydrogen-bond donors (Lipinski definition) is 2. The molecule has 0 unspecified atom stereocenters. The van der Waals surface area contributed by atoms with Crippen LogP contribution in [0.5, 0.6) is 0 Å². The Morgan fingerprint density at radius 1 is 1.19 bits per heavy atom. The lowest BCUT2D eigenvalue weighted by Crippen LogP contribution is -2.30. The maximum Gasteiger partial charge on any atom is 0.242 e. The number of benzene rings is 1. The zero-order valence-corrected chi connectivity index (χ0v) is 9.46. The van der Waals surface area contributed by atoms with Gasteiger partial charge in [0.15, 0.2) is 0 Å². The Balaban J connectivity index is 1.80. The van der Waals surface area contributed by atoms with Gasteiger partial charge in [-0.2, -0.15) is 11.3 Å². The maximum absolute atomic E-state index is 11.5. The minimum absolute atomic E-state index is 0.0396. The Bertz CT molecular complexity index is 439. The summed E-state index contributed by atoms with van der Waals surface area (Å²) in [6, 6.07) is 11.5. The Labute approximate surface area is 98.1 Å². The van der Waals surface area contributed by atoms with E-state index in [-0.39, 0.29) is 5.91 Å². The van der Waals surface area contributed by atoms with Crippen LogP contribution in [0.1, 0.15) is 5.56 Å². The fourth-order valence-electron chi connectivity index (χ4n) is 1.29. The van der Waals surface area contributed by atoms with E-state index < -0.39 is 0 Å². The summed E-state index contributed by atoms with van der Waals surface area (Å²) in [6.07, 6.45) is 0.406. The first kappa shape index (κ1) is 10.7. The van der Waals surface area contributed by atoms with Gasteiger partial charge in [-0.25, -0.2) is 0 Å². The number of para-hydroxylation sites is 1. The molecule has 0 fully saturated rings. The van der Waals surface area contributed by atoms with E-state index in [2.05, 4.69) is 10.9 Å². The van der Waals surface area contributed by atoms with Crippen LogP contribution in [-0.4, -0.2) is 5.91 Å². The molecule has 16 heavy (non-hydrogen) atoms. The quantitative estimate of drug-likeness (QED) is 0.795. The van der Waals surface area contributed by atoms with E-state index in [0.717, 1.165) is 11.3 Å². The third kappa shape index (κ3) is 3.10. The predicted molar refractivity (Wildman–Crippen MR) is 66.2 cm³/mol. The molecule has 0 aliphatic heterocycles. The highest BCUT2D eigenvalue weighted by molar-refractivity contribution is 7.07. The van der Waals surface area contributed by atoms with Crippen LogP contribution in [0.3, 0.4) is 0 Å². The molecule has 0 spiro atoms. The fraction of sp³-hybridized carbons (Fsp3) is 0.0833. The molecule has 1 heterocycles. The van der Waals surface area contributed by atoms with E-state index in [1.54, 1.807) is 11.3 Å². The average molecular weight is 232 g/mol. The van der Waals surface area contributed by atoms with Crippen molar-refractivity contribution in [3.63, 3.8) is 0 Å². The average Bonchev–Trinajstić information content (AvgIpc) is 2.81. The topological polar surface area (TPSA) is 41.1 Å². The molecule has 2 aromatic rings. The van der Waals surface area contributed by atoms with Gasteiger partial charge in [0.25, 0.3) is 0 Å². The van der Waals surface area contributed by atoms with E-state index in [4.69, 9.17) is 0 Å². The molecule has 1 aromatic heterocycles. The molecule has 3 nitrogen and oxygen atoms in total. The van der Waals surface area contributed by atoms with Crippen molar-refractivity contribution in [1.82, 2.24) is 5.43 Å². The second kappa shape index (κ2) is 5.32. The minimum Gasteiger partial charge on any atom is -0.299 e. The predicted octanol–water partition coefficient (Wildman–Crippen LogP) is 2.43. The fourth-order valence-corrected chi connectivity index (χ4v) is 1.95. The molecule has 0 saturated heterocycles. The molecule has 0 radical (unpaired) electrons. The maximum atomic E-state index is 11.5. The van der Waals surface area contributed by atoms with Gasteiger partial charge in [-0.05, 0) is 34.5 Å². The van der Waals surface area contributed by atoms with Crippen molar-refractivity contribution in [3.8, 4) is 0 Å². The summed E-state index contributed by atoms with van der Waals surface area (Å²) in [5.74, 6) is -0.0396. The van der Waals surface area contributed by atoms with Gasteiger partial charge >= 0.3 is 0 Å². The second-order valence-electron chi connectivity index (χ2n) is 3.35. The number of hydrazine groups is 1. The van der Waals surface area contributed by atoms with E-state index in [1.807, 2.05) is 47.2 Å². The van der Waals surface area contributed by atoms with Crippen molar-refractivity contribution in [2.45, 2.75) is 6.42 Å². The number of anilines is 1. The summed E-state index contributed by atoms with van der Waals surface area (Å²) in [6.45, 7) is 0. The first-order valence-corrected chi connectivity index (χ1v) is 5.90. The third-order valence-electron chi connectivity index (χ3n) is 2.06. The van der Waals surface area contributed by atoms with Crippen molar-refractivity contribution in [3.05, 3.63) is 52.7 Å². The zero-order chi connectivity index (χ0) is 11.2. The van der Waals surface area contributed by atoms with Gasteiger partial charge in [0.2, 0.25) is 5.91 Å². The summed E-state index contributed by atoms with van der Waals surface area (Å²) in [5.41, 5.74) is 7.43. The van der Waals surface area contributed by atoms with E-state index in [9.17, 15) is 4.79 Å². The Morgan fingerprint density at radius 2 is 2.00 bits per heavy atom. The Kier molecular flexibility index (Phi) is 3.56. The van der Waals surface area contributed by atoms with Crippen LogP contribution < -0.4 is 10.9 Å². The van der Waals surface area contributed by atoms with Crippen molar-refractivity contribution >= 4 is 22.9 Å². The van der Waals surface area contributed by atoms with Gasteiger partial charge in [-0.1, -0.05) is 18.2 Å². The SMILES string of the molecule is O=C(Cc1ccsc1)NNc1ccccc1. The monoisotopic (exact) mass is 232 g/mol. The number of thiophene rings is 1. The van der Waals surface area contributed by atoms with E-state index >= 15 is 0 Å². The molecular weight excluding hydrogens is 220 g/mol. The highest BCUT2D eigenvalue weighted by atomic mass is 32.1. The molecule has 1 amide bonds. The normalized spacial score (nSPS) is 9.75. The molecule has 2 N–H and O–H groups in total. The molecule has 4 heteroatoms. The number of amides is 1. The summed E-state index contributed by atoms with van der Waals surface area (Å²) in [5, 5.41) is 3.94. The molecule has 0 atom stereocenters. The number of hydrogen-bond acceptors (Lipinski definition) is 3. The summed E-state index contributed by atoms with van der Waals surface area (Å²) in [4.78, 5) is 11.5. The van der Waals surface area contributed by atoms with Gasteiger partial charge in [-0.15, -0.1) is 0 Å². The van der Waals surface area contributed by atoms with Crippen LogP contribution in [0.25, 0.3) is 0 Å². The minimum atomic E-state index is -0.0396. The lowest BCUT2D eigenvalue weighted by molar-refractivity contribution is -0.119. The van der Waals surface area contributed by atoms with Gasteiger partial charge in [-0.3, -0.25) is 15.6 Å².